The summed E-state index contributed by atoms with van der Waals surface area (Å²) in [7, 11) is 1.70. The fourth-order valence-corrected chi connectivity index (χ4v) is 7.80. The van der Waals surface area contributed by atoms with Gasteiger partial charge < -0.3 is 29.3 Å². The summed E-state index contributed by atoms with van der Waals surface area (Å²) in [6.45, 7) is 5.89. The van der Waals surface area contributed by atoms with E-state index < -0.39 is 59.6 Å². The Morgan fingerprint density at radius 2 is 1.65 bits per heavy atom. The number of likely N-dealkylation sites (N-methyl/N-ethyl adjacent to an activating group) is 1. The molecule has 4 aliphatic rings. The van der Waals surface area contributed by atoms with Gasteiger partial charge >= 0.3 is 5.97 Å². The number of aliphatic hydroxyl groups excluding tert-OH is 1. The molecule has 0 aromatic heterocycles. The molecule has 2 saturated heterocycles. The summed E-state index contributed by atoms with van der Waals surface area (Å²) in [5, 5.41) is 10.6. The van der Waals surface area contributed by atoms with Gasteiger partial charge in [-0.25, -0.2) is 0 Å². The Hall–Kier alpha value is -4.28. The minimum absolute atomic E-state index is 0.0884. The first kappa shape index (κ1) is 33.6. The highest BCUT2D eigenvalue weighted by atomic mass is 16.6. The zero-order valence-corrected chi connectivity index (χ0v) is 28.0. The molecule has 4 aliphatic heterocycles. The number of aliphatic hydroxyl groups is 1. The molecule has 2 aromatic rings. The molecule has 4 heterocycles. The van der Waals surface area contributed by atoms with E-state index in [1.165, 1.54) is 4.90 Å². The first-order valence-corrected chi connectivity index (χ1v) is 16.9. The second-order valence-corrected chi connectivity index (χ2v) is 13.7. The molecule has 0 radical (unpaired) electrons. The van der Waals surface area contributed by atoms with Crippen molar-refractivity contribution < 1.29 is 33.8 Å². The Bertz CT molecular complexity index is 1580. The Kier molecular flexibility index (Phi) is 9.58. The molecule has 0 aliphatic carbocycles. The molecule has 0 unspecified atom stereocenters. The van der Waals surface area contributed by atoms with Crippen LogP contribution in [0, 0.1) is 17.8 Å². The lowest BCUT2D eigenvalue weighted by atomic mass is 9.77. The van der Waals surface area contributed by atoms with E-state index in [1.807, 2.05) is 87.5 Å². The zero-order valence-electron chi connectivity index (χ0n) is 28.0. The van der Waals surface area contributed by atoms with Crippen molar-refractivity contribution in [2.75, 3.05) is 20.2 Å². The van der Waals surface area contributed by atoms with Crippen molar-refractivity contribution >= 4 is 23.7 Å². The van der Waals surface area contributed by atoms with Crippen molar-refractivity contribution in [2.45, 2.75) is 76.1 Å². The van der Waals surface area contributed by atoms with Crippen LogP contribution in [0.25, 0.3) is 0 Å². The quantitative estimate of drug-likeness (QED) is 0.373. The number of esters is 1. The molecule has 10 heteroatoms. The summed E-state index contributed by atoms with van der Waals surface area (Å²) in [4.78, 5) is 62.0. The first-order valence-electron chi connectivity index (χ1n) is 16.9. The van der Waals surface area contributed by atoms with E-state index in [4.69, 9.17) is 9.47 Å². The summed E-state index contributed by atoms with van der Waals surface area (Å²) < 4.78 is 13.2. The minimum atomic E-state index is -1.48. The van der Waals surface area contributed by atoms with Crippen molar-refractivity contribution in [1.29, 1.82) is 0 Å². The van der Waals surface area contributed by atoms with Crippen molar-refractivity contribution in [3.63, 3.8) is 0 Å². The molecular weight excluding hydrogens is 610 g/mol. The van der Waals surface area contributed by atoms with Crippen molar-refractivity contribution in [3.8, 4) is 0 Å². The molecule has 6 rings (SSSR count). The van der Waals surface area contributed by atoms with Crippen molar-refractivity contribution in [3.05, 3.63) is 96.1 Å². The SMILES string of the molecule is CC(C)[C@H](CO)N1C(=O)[C@H]2[C@@H]3C(=O)O[C@@H](c4ccccc4)[C@H](C)N(C)C(=O)CC/C=C\[C@@H]3O[C@]23C=CCN(Cc2ccccc2)C(=O)[C@H]13. The molecule has 10 nitrogen and oxygen atoms in total. The van der Waals surface area contributed by atoms with Gasteiger partial charge in [-0.05, 0) is 30.4 Å². The number of ether oxygens (including phenoxy) is 2. The number of rotatable bonds is 6. The standard InChI is InChI=1S/C38H45N3O7/c1-24(2)28(23-42)41-34-36(45)40(22-26-14-7-5-8-15-26)21-13-20-38(34)32(35(41)44)31-29(48-38)18-11-12-19-30(43)39(4)25(3)33(47-37(31)46)27-16-9-6-10-17-27/h5-11,13-18,20,24-25,28-29,31-34,42H,12,19,21-23H2,1-4H3/b18-11-/t25-,28-,29-,31+,32+,33+,34-,38+/m0/s1. The zero-order chi connectivity index (χ0) is 34.2. The van der Waals surface area contributed by atoms with Crippen LogP contribution in [-0.2, 0) is 35.2 Å². The molecule has 2 fully saturated rings. The molecule has 0 bridgehead atoms. The van der Waals surface area contributed by atoms with Crippen LogP contribution < -0.4 is 0 Å². The molecule has 0 saturated carbocycles. The van der Waals surface area contributed by atoms with Crippen LogP contribution in [0.2, 0.25) is 0 Å². The van der Waals surface area contributed by atoms with Crippen LogP contribution in [0.1, 0.15) is 50.8 Å². The molecule has 1 spiro atoms. The number of likely N-dealkylation sites (tertiary alicyclic amines) is 1. The summed E-state index contributed by atoms with van der Waals surface area (Å²) in [5.41, 5.74) is 0.168. The minimum Gasteiger partial charge on any atom is -0.455 e. The summed E-state index contributed by atoms with van der Waals surface area (Å²) >= 11 is 0. The van der Waals surface area contributed by atoms with E-state index in [2.05, 4.69) is 0 Å². The maximum atomic E-state index is 14.8. The van der Waals surface area contributed by atoms with E-state index in [0.717, 1.165) is 5.56 Å². The third-order valence-electron chi connectivity index (χ3n) is 10.5. The fraction of sp³-hybridized carbons (Fsp3) is 0.474. The van der Waals surface area contributed by atoms with Crippen LogP contribution in [0.3, 0.4) is 0 Å². The normalized spacial score (nSPS) is 32.2. The Morgan fingerprint density at radius 1 is 0.958 bits per heavy atom. The lowest BCUT2D eigenvalue weighted by Crippen LogP contribution is -2.59. The summed E-state index contributed by atoms with van der Waals surface area (Å²) in [6.07, 6.45) is 6.13. The van der Waals surface area contributed by atoms with Gasteiger partial charge in [0.05, 0.1) is 30.7 Å². The van der Waals surface area contributed by atoms with Gasteiger partial charge in [0.25, 0.3) is 0 Å². The number of hydrogen-bond donors (Lipinski definition) is 1. The molecule has 1 N–H and O–H groups in total. The lowest BCUT2D eigenvalue weighted by molar-refractivity contribution is -0.165. The fourth-order valence-electron chi connectivity index (χ4n) is 7.80. The van der Waals surface area contributed by atoms with Gasteiger partial charge in [-0.1, -0.05) is 98.8 Å². The number of benzene rings is 2. The van der Waals surface area contributed by atoms with Crippen molar-refractivity contribution in [2.24, 2.45) is 17.8 Å². The maximum Gasteiger partial charge on any atom is 0.313 e. The molecule has 254 valence electrons. The first-order chi connectivity index (χ1) is 23.1. The third-order valence-corrected chi connectivity index (χ3v) is 10.5. The van der Waals surface area contributed by atoms with Crippen LogP contribution in [0.4, 0.5) is 0 Å². The maximum absolute atomic E-state index is 14.8. The highest BCUT2D eigenvalue weighted by Gasteiger charge is 2.72. The van der Waals surface area contributed by atoms with Gasteiger partial charge in [0.15, 0.2) is 0 Å². The van der Waals surface area contributed by atoms with E-state index in [1.54, 1.807) is 35.1 Å². The second-order valence-electron chi connectivity index (χ2n) is 13.7. The average molecular weight is 656 g/mol. The topological polar surface area (TPSA) is 117 Å². The number of cyclic esters (lactones) is 1. The predicted octanol–water partition coefficient (Wildman–Crippen LogP) is 3.66. The van der Waals surface area contributed by atoms with Gasteiger partial charge in [-0.15, -0.1) is 0 Å². The number of amides is 3. The Morgan fingerprint density at radius 3 is 2.31 bits per heavy atom. The number of fused-ring (bicyclic) bond motifs is 2. The largest absolute Gasteiger partial charge is 0.455 e. The monoisotopic (exact) mass is 655 g/mol. The number of carbonyl (C=O) groups excluding carboxylic acids is 4. The van der Waals surface area contributed by atoms with Crippen LogP contribution >= 0.6 is 0 Å². The van der Waals surface area contributed by atoms with Gasteiger partial charge in [0.2, 0.25) is 17.7 Å². The number of nitrogens with zero attached hydrogens (tertiary/aromatic N) is 3. The van der Waals surface area contributed by atoms with Gasteiger partial charge in [0, 0.05) is 26.6 Å². The van der Waals surface area contributed by atoms with E-state index in [9.17, 15) is 24.3 Å². The van der Waals surface area contributed by atoms with Gasteiger partial charge in [-0.2, -0.15) is 0 Å². The van der Waals surface area contributed by atoms with Crippen molar-refractivity contribution in [1.82, 2.24) is 14.7 Å². The van der Waals surface area contributed by atoms with E-state index >= 15 is 0 Å². The van der Waals surface area contributed by atoms with Crippen LogP contribution in [-0.4, -0.2) is 93.5 Å². The highest BCUT2D eigenvalue weighted by Crippen LogP contribution is 2.54. The molecule has 8 atom stereocenters. The van der Waals surface area contributed by atoms with Gasteiger partial charge in [-0.3, -0.25) is 19.2 Å². The van der Waals surface area contributed by atoms with Crippen LogP contribution in [0.5, 0.6) is 0 Å². The predicted molar refractivity (Wildman–Crippen MR) is 178 cm³/mol. The number of carbonyl (C=O) groups is 4. The Balaban J connectivity index is 1.45. The van der Waals surface area contributed by atoms with Gasteiger partial charge in [0.1, 0.15) is 23.7 Å². The highest BCUT2D eigenvalue weighted by molar-refractivity contribution is 5.99. The second kappa shape index (κ2) is 13.7. The summed E-state index contributed by atoms with van der Waals surface area (Å²) in [6, 6.07) is 16.6. The number of allylic oxidation sites excluding steroid dienone is 1. The lowest BCUT2D eigenvalue weighted by Gasteiger charge is -2.40. The third kappa shape index (κ3) is 5.85. The molecular formula is C38H45N3O7. The van der Waals surface area contributed by atoms with Crippen LogP contribution in [0.15, 0.2) is 85.0 Å². The summed E-state index contributed by atoms with van der Waals surface area (Å²) in [5.74, 6) is -3.81. The smallest absolute Gasteiger partial charge is 0.313 e. The van der Waals surface area contributed by atoms with E-state index in [0.29, 0.717) is 18.5 Å². The molecule has 48 heavy (non-hydrogen) atoms. The average Bonchev–Trinajstić information content (AvgIpc) is 3.48. The molecule has 2 aromatic carbocycles. The Labute approximate surface area is 282 Å². The number of hydrogen-bond acceptors (Lipinski definition) is 7. The van der Waals surface area contributed by atoms with E-state index in [-0.39, 0.29) is 37.3 Å². The molecule has 3 amide bonds.